The van der Waals surface area contributed by atoms with Gasteiger partial charge in [0.05, 0.1) is 18.2 Å². The number of aromatic nitrogens is 1. The number of hydrogen-bond donors (Lipinski definition) is 1. The molecule has 118 valence electrons. The number of benzene rings is 1. The molecule has 1 saturated heterocycles. The smallest absolute Gasteiger partial charge is 0.251 e. The van der Waals surface area contributed by atoms with Crippen molar-refractivity contribution in [1.29, 1.82) is 0 Å². The van der Waals surface area contributed by atoms with Gasteiger partial charge in [0.2, 0.25) is 5.91 Å². The second-order valence-corrected chi connectivity index (χ2v) is 5.36. The van der Waals surface area contributed by atoms with Crippen molar-refractivity contribution in [2.75, 3.05) is 11.4 Å². The van der Waals surface area contributed by atoms with Gasteiger partial charge in [-0.1, -0.05) is 6.07 Å². The molecule has 1 N–H and O–H groups in total. The van der Waals surface area contributed by atoms with Crippen molar-refractivity contribution in [3.63, 3.8) is 0 Å². The number of nitrogens with one attached hydrogen (secondary N) is 1. The standard InChI is InChI=1S/C17H16FN3O2/c18-13-2-1-3-14(10-13)21-16(22)11-15(17(21)23)20-9-6-12-4-7-19-8-5-12/h1-5,7-8,10,15,20H,6,9,11H2. The summed E-state index contributed by atoms with van der Waals surface area (Å²) in [6.45, 7) is 0.574. The molecule has 3 rings (SSSR count). The number of imide groups is 1. The summed E-state index contributed by atoms with van der Waals surface area (Å²) in [6.07, 6.45) is 4.25. The lowest BCUT2D eigenvalue weighted by atomic mass is 10.2. The number of halogens is 1. The predicted molar refractivity (Wildman–Crippen MR) is 83.2 cm³/mol. The Hall–Kier alpha value is -2.60. The highest BCUT2D eigenvalue weighted by molar-refractivity contribution is 6.22. The number of rotatable bonds is 5. The van der Waals surface area contributed by atoms with Crippen LogP contribution >= 0.6 is 0 Å². The third-order valence-electron chi connectivity index (χ3n) is 3.77. The van der Waals surface area contributed by atoms with Gasteiger partial charge in [-0.15, -0.1) is 0 Å². The highest BCUT2D eigenvalue weighted by Crippen LogP contribution is 2.23. The highest BCUT2D eigenvalue weighted by Gasteiger charge is 2.39. The van der Waals surface area contributed by atoms with Crippen LogP contribution in [0.1, 0.15) is 12.0 Å². The summed E-state index contributed by atoms with van der Waals surface area (Å²) in [5, 5.41) is 3.10. The van der Waals surface area contributed by atoms with Crippen LogP contribution in [0, 0.1) is 5.82 Å². The van der Waals surface area contributed by atoms with Gasteiger partial charge in [-0.2, -0.15) is 0 Å². The number of amides is 2. The molecule has 6 heteroatoms. The van der Waals surface area contributed by atoms with E-state index in [0.717, 1.165) is 16.9 Å². The summed E-state index contributed by atoms with van der Waals surface area (Å²) in [6, 6.07) is 8.75. The molecule has 0 spiro atoms. The van der Waals surface area contributed by atoms with E-state index in [9.17, 15) is 14.0 Å². The predicted octanol–water partition coefficient (Wildman–Crippen LogP) is 1.68. The van der Waals surface area contributed by atoms with Crippen LogP contribution in [0.2, 0.25) is 0 Å². The van der Waals surface area contributed by atoms with Crippen LogP contribution in [0.3, 0.4) is 0 Å². The van der Waals surface area contributed by atoms with Gasteiger partial charge in [-0.3, -0.25) is 14.6 Å². The van der Waals surface area contributed by atoms with Crippen molar-refractivity contribution < 1.29 is 14.0 Å². The molecule has 23 heavy (non-hydrogen) atoms. The summed E-state index contributed by atoms with van der Waals surface area (Å²) >= 11 is 0. The Kier molecular flexibility index (Phi) is 4.43. The minimum Gasteiger partial charge on any atom is -0.305 e. The van der Waals surface area contributed by atoms with Crippen molar-refractivity contribution >= 4 is 17.5 Å². The molecule has 0 radical (unpaired) electrons. The van der Waals surface area contributed by atoms with Gasteiger partial charge >= 0.3 is 0 Å². The monoisotopic (exact) mass is 313 g/mol. The van der Waals surface area contributed by atoms with Gasteiger partial charge < -0.3 is 5.32 Å². The van der Waals surface area contributed by atoms with E-state index in [1.165, 1.54) is 18.2 Å². The maximum Gasteiger partial charge on any atom is 0.251 e. The lowest BCUT2D eigenvalue weighted by molar-refractivity contribution is -0.121. The van der Waals surface area contributed by atoms with Crippen molar-refractivity contribution in [2.24, 2.45) is 0 Å². The average molecular weight is 313 g/mol. The molecule has 1 aromatic carbocycles. The normalized spacial score (nSPS) is 17.8. The van der Waals surface area contributed by atoms with Gasteiger partial charge in [0.25, 0.3) is 5.91 Å². The fourth-order valence-electron chi connectivity index (χ4n) is 2.62. The molecule has 0 saturated carbocycles. The molecule has 1 fully saturated rings. The zero-order valence-electron chi connectivity index (χ0n) is 12.4. The molecule has 1 unspecified atom stereocenters. The number of hydrogen-bond acceptors (Lipinski definition) is 4. The van der Waals surface area contributed by atoms with Crippen LogP contribution < -0.4 is 10.2 Å². The van der Waals surface area contributed by atoms with Crippen LogP contribution in [0.4, 0.5) is 10.1 Å². The van der Waals surface area contributed by atoms with E-state index in [1.807, 2.05) is 12.1 Å². The quantitative estimate of drug-likeness (QED) is 0.853. The molecule has 2 amide bonds. The maximum absolute atomic E-state index is 13.3. The van der Waals surface area contributed by atoms with Crippen LogP contribution in [-0.2, 0) is 16.0 Å². The Balaban J connectivity index is 1.62. The Morgan fingerprint density at radius 2 is 2.00 bits per heavy atom. The van der Waals surface area contributed by atoms with E-state index in [2.05, 4.69) is 10.3 Å². The number of pyridine rings is 1. The summed E-state index contributed by atoms with van der Waals surface area (Å²) in [7, 11) is 0. The fourth-order valence-corrected chi connectivity index (χ4v) is 2.62. The van der Waals surface area contributed by atoms with E-state index in [4.69, 9.17) is 0 Å². The molecule has 1 atom stereocenters. The number of nitrogens with zero attached hydrogens (tertiary/aromatic N) is 2. The van der Waals surface area contributed by atoms with Crippen LogP contribution in [0.5, 0.6) is 0 Å². The van der Waals surface area contributed by atoms with Crippen molar-refractivity contribution in [2.45, 2.75) is 18.9 Å². The topological polar surface area (TPSA) is 62.3 Å². The first kappa shape index (κ1) is 15.3. The largest absolute Gasteiger partial charge is 0.305 e. The molecular formula is C17H16FN3O2. The van der Waals surface area contributed by atoms with Gasteiger partial charge in [0.1, 0.15) is 5.82 Å². The van der Waals surface area contributed by atoms with Crippen molar-refractivity contribution in [3.8, 4) is 0 Å². The maximum atomic E-state index is 13.3. The van der Waals surface area contributed by atoms with Gasteiger partial charge in [-0.25, -0.2) is 9.29 Å². The Bertz CT molecular complexity index is 721. The first-order valence-electron chi connectivity index (χ1n) is 7.40. The zero-order valence-corrected chi connectivity index (χ0v) is 12.4. The first-order chi connectivity index (χ1) is 11.1. The van der Waals surface area contributed by atoms with E-state index in [1.54, 1.807) is 18.5 Å². The Morgan fingerprint density at radius 1 is 1.22 bits per heavy atom. The SMILES string of the molecule is O=C1CC(NCCc2ccncc2)C(=O)N1c1cccc(F)c1. The molecule has 2 aromatic rings. The molecular weight excluding hydrogens is 297 g/mol. The third kappa shape index (κ3) is 3.43. The van der Waals surface area contributed by atoms with E-state index >= 15 is 0 Å². The number of anilines is 1. The third-order valence-corrected chi connectivity index (χ3v) is 3.77. The van der Waals surface area contributed by atoms with E-state index < -0.39 is 11.9 Å². The fraction of sp³-hybridized carbons (Fsp3) is 0.235. The van der Waals surface area contributed by atoms with Crippen molar-refractivity contribution in [1.82, 2.24) is 10.3 Å². The number of carbonyl (C=O) groups is 2. The minimum absolute atomic E-state index is 0.0890. The van der Waals surface area contributed by atoms with Crippen molar-refractivity contribution in [3.05, 3.63) is 60.2 Å². The summed E-state index contributed by atoms with van der Waals surface area (Å²) in [5.41, 5.74) is 1.38. The summed E-state index contributed by atoms with van der Waals surface area (Å²) in [5.74, 6) is -1.13. The van der Waals surface area contributed by atoms with Crippen LogP contribution in [0.15, 0.2) is 48.8 Å². The minimum atomic E-state index is -0.562. The highest BCUT2D eigenvalue weighted by atomic mass is 19.1. The molecule has 1 aromatic heterocycles. The molecule has 1 aliphatic heterocycles. The van der Waals surface area contributed by atoms with Gasteiger partial charge in [0.15, 0.2) is 0 Å². The summed E-state index contributed by atoms with van der Waals surface area (Å²) in [4.78, 5) is 29.5. The van der Waals surface area contributed by atoms with Crippen LogP contribution in [0.25, 0.3) is 0 Å². The zero-order chi connectivity index (χ0) is 16.2. The Labute approximate surface area is 133 Å². The van der Waals surface area contributed by atoms with E-state index in [0.29, 0.717) is 6.54 Å². The molecule has 2 heterocycles. The molecule has 5 nitrogen and oxygen atoms in total. The average Bonchev–Trinajstić information content (AvgIpc) is 2.82. The number of carbonyl (C=O) groups excluding carboxylic acids is 2. The summed E-state index contributed by atoms with van der Waals surface area (Å²) < 4.78 is 13.3. The van der Waals surface area contributed by atoms with Gasteiger partial charge in [-0.05, 0) is 48.9 Å². The second kappa shape index (κ2) is 6.66. The van der Waals surface area contributed by atoms with Gasteiger partial charge in [0, 0.05) is 12.4 Å². The molecule has 1 aliphatic rings. The van der Waals surface area contributed by atoms with Crippen LogP contribution in [-0.4, -0.2) is 29.4 Å². The molecule has 0 bridgehead atoms. The van der Waals surface area contributed by atoms with E-state index in [-0.39, 0.29) is 23.9 Å². The second-order valence-electron chi connectivity index (χ2n) is 5.36. The molecule has 0 aliphatic carbocycles. The lowest BCUT2D eigenvalue weighted by Crippen LogP contribution is -2.39. The lowest BCUT2D eigenvalue weighted by Gasteiger charge is -2.15. The first-order valence-corrected chi connectivity index (χ1v) is 7.40. The Morgan fingerprint density at radius 3 is 2.74 bits per heavy atom.